The zero-order chi connectivity index (χ0) is 20.2. The van der Waals surface area contributed by atoms with Gasteiger partial charge in [0.15, 0.2) is 6.61 Å². The normalized spacial score (nSPS) is 15.0. The molecule has 29 heavy (non-hydrogen) atoms. The first-order chi connectivity index (χ1) is 14.1. The molecule has 0 spiro atoms. The van der Waals surface area contributed by atoms with E-state index in [2.05, 4.69) is 34.8 Å². The minimum absolute atomic E-state index is 0.0337. The third kappa shape index (κ3) is 4.53. The number of anilines is 1. The maximum absolute atomic E-state index is 12.7. The molecule has 0 saturated carbocycles. The van der Waals surface area contributed by atoms with Crippen molar-refractivity contribution in [1.82, 2.24) is 14.9 Å². The Balaban J connectivity index is 1.34. The van der Waals surface area contributed by atoms with Gasteiger partial charge in [-0.1, -0.05) is 38.1 Å². The van der Waals surface area contributed by atoms with Gasteiger partial charge in [0.1, 0.15) is 5.75 Å². The van der Waals surface area contributed by atoms with Crippen LogP contribution in [0.4, 0.5) is 5.95 Å². The van der Waals surface area contributed by atoms with E-state index < -0.39 is 0 Å². The van der Waals surface area contributed by atoms with Crippen LogP contribution < -0.4 is 9.64 Å². The molecule has 1 N–H and O–H groups in total. The summed E-state index contributed by atoms with van der Waals surface area (Å²) in [5.41, 5.74) is 3.22. The number of nitrogens with one attached hydrogen (secondary N) is 1. The lowest BCUT2D eigenvalue weighted by atomic mass is 10.0. The van der Waals surface area contributed by atoms with E-state index >= 15 is 0 Å². The van der Waals surface area contributed by atoms with Gasteiger partial charge in [-0.2, -0.15) is 0 Å². The van der Waals surface area contributed by atoms with Crippen molar-refractivity contribution in [1.29, 1.82) is 0 Å². The number of carbonyl (C=O) groups is 1. The van der Waals surface area contributed by atoms with Crippen LogP contribution in [0, 0.1) is 0 Å². The Morgan fingerprint density at radius 3 is 2.79 bits per heavy atom. The molecule has 1 aliphatic rings. The van der Waals surface area contributed by atoms with Gasteiger partial charge in [0.05, 0.1) is 11.0 Å². The number of hydrogen-bond acceptors (Lipinski definition) is 4. The van der Waals surface area contributed by atoms with Gasteiger partial charge in [-0.15, -0.1) is 0 Å². The Morgan fingerprint density at radius 2 is 1.97 bits per heavy atom. The van der Waals surface area contributed by atoms with Gasteiger partial charge in [-0.05, 0) is 42.2 Å². The van der Waals surface area contributed by atoms with Gasteiger partial charge >= 0.3 is 0 Å². The number of imidazole rings is 1. The maximum Gasteiger partial charge on any atom is 0.260 e. The summed E-state index contributed by atoms with van der Waals surface area (Å²) < 4.78 is 5.78. The summed E-state index contributed by atoms with van der Waals surface area (Å²) in [6.45, 7) is 7.42. The van der Waals surface area contributed by atoms with Gasteiger partial charge in [0.2, 0.25) is 5.95 Å². The number of rotatable bonds is 5. The number of nitrogens with zero attached hydrogens (tertiary/aromatic N) is 3. The fourth-order valence-electron chi connectivity index (χ4n) is 3.67. The number of benzene rings is 2. The number of ether oxygens (including phenoxy) is 1. The van der Waals surface area contributed by atoms with Crippen LogP contribution in [0.2, 0.25) is 0 Å². The van der Waals surface area contributed by atoms with Crippen LogP contribution in [0.15, 0.2) is 48.5 Å². The number of carbonyl (C=O) groups excluding carboxylic acids is 1. The van der Waals surface area contributed by atoms with Crippen LogP contribution in [-0.2, 0) is 4.79 Å². The summed E-state index contributed by atoms with van der Waals surface area (Å²) in [4.78, 5) is 24.9. The standard InChI is InChI=1S/C23H28N4O2/c1-17(2)18-7-5-8-19(15-18)29-16-22(28)26-11-6-12-27(14-13-26)23-24-20-9-3-4-10-21(20)25-23/h3-5,7-10,15,17H,6,11-14,16H2,1-2H3,(H,24,25). The van der Waals surface area contributed by atoms with Gasteiger partial charge in [-0.25, -0.2) is 4.98 Å². The number of hydrogen-bond donors (Lipinski definition) is 1. The molecule has 0 unspecified atom stereocenters. The lowest BCUT2D eigenvalue weighted by molar-refractivity contribution is -0.133. The van der Waals surface area contributed by atoms with Crippen molar-refractivity contribution in [2.75, 3.05) is 37.7 Å². The first-order valence-corrected chi connectivity index (χ1v) is 10.3. The Hall–Kier alpha value is -3.02. The summed E-state index contributed by atoms with van der Waals surface area (Å²) in [6.07, 6.45) is 0.908. The van der Waals surface area contributed by atoms with Crippen LogP contribution in [0.1, 0.15) is 31.7 Å². The summed E-state index contributed by atoms with van der Waals surface area (Å²) in [5.74, 6) is 2.10. The molecule has 1 aliphatic heterocycles. The van der Waals surface area contributed by atoms with Crippen LogP contribution in [0.25, 0.3) is 11.0 Å². The van der Waals surface area contributed by atoms with Gasteiger partial charge < -0.3 is 19.5 Å². The monoisotopic (exact) mass is 392 g/mol. The molecule has 0 atom stereocenters. The second-order valence-corrected chi connectivity index (χ2v) is 7.81. The van der Waals surface area contributed by atoms with Crippen molar-refractivity contribution in [3.8, 4) is 5.75 Å². The lowest BCUT2D eigenvalue weighted by Crippen LogP contribution is -2.38. The molecule has 1 saturated heterocycles. The highest BCUT2D eigenvalue weighted by molar-refractivity contribution is 5.78. The Kier molecular flexibility index (Phi) is 5.69. The highest BCUT2D eigenvalue weighted by Gasteiger charge is 2.21. The summed E-state index contributed by atoms with van der Waals surface area (Å²) in [5, 5.41) is 0. The Morgan fingerprint density at radius 1 is 1.10 bits per heavy atom. The minimum atomic E-state index is 0.0337. The number of amides is 1. The summed E-state index contributed by atoms with van der Waals surface area (Å²) in [7, 11) is 0. The lowest BCUT2D eigenvalue weighted by Gasteiger charge is -2.22. The fourth-order valence-corrected chi connectivity index (χ4v) is 3.67. The van der Waals surface area contributed by atoms with Gasteiger partial charge in [0.25, 0.3) is 5.91 Å². The van der Waals surface area contributed by atoms with Crippen molar-refractivity contribution in [3.05, 3.63) is 54.1 Å². The highest BCUT2D eigenvalue weighted by atomic mass is 16.5. The largest absolute Gasteiger partial charge is 0.484 e. The molecular weight excluding hydrogens is 364 g/mol. The van der Waals surface area contributed by atoms with Crippen LogP contribution in [0.5, 0.6) is 5.75 Å². The van der Waals surface area contributed by atoms with Crippen molar-refractivity contribution >= 4 is 22.9 Å². The molecule has 0 aliphatic carbocycles. The van der Waals surface area contributed by atoms with Gasteiger partial charge in [-0.3, -0.25) is 4.79 Å². The molecule has 1 fully saturated rings. The minimum Gasteiger partial charge on any atom is -0.484 e. The molecule has 1 amide bonds. The molecule has 0 radical (unpaired) electrons. The van der Waals surface area contributed by atoms with Gasteiger partial charge in [0, 0.05) is 26.2 Å². The zero-order valence-electron chi connectivity index (χ0n) is 17.1. The van der Waals surface area contributed by atoms with E-state index in [0.29, 0.717) is 12.5 Å². The predicted molar refractivity (Wildman–Crippen MR) is 116 cm³/mol. The number of H-pyrrole nitrogens is 1. The SMILES string of the molecule is CC(C)c1cccc(OCC(=O)N2CCCN(c3nc4ccccc4[nH]3)CC2)c1. The molecule has 152 valence electrons. The molecule has 6 nitrogen and oxygen atoms in total. The topological polar surface area (TPSA) is 61.5 Å². The van der Waals surface area contributed by atoms with E-state index in [4.69, 9.17) is 4.74 Å². The second-order valence-electron chi connectivity index (χ2n) is 7.81. The summed E-state index contributed by atoms with van der Waals surface area (Å²) in [6, 6.07) is 16.0. The molecule has 2 aromatic carbocycles. The predicted octanol–water partition coefficient (Wildman–Crippen LogP) is 3.80. The molecule has 2 heterocycles. The molecule has 0 bridgehead atoms. The summed E-state index contributed by atoms with van der Waals surface area (Å²) >= 11 is 0. The molecule has 6 heteroatoms. The van der Waals surface area contributed by atoms with E-state index in [1.807, 2.05) is 47.4 Å². The van der Waals surface area contributed by atoms with E-state index in [-0.39, 0.29) is 12.5 Å². The van der Waals surface area contributed by atoms with E-state index in [1.165, 1.54) is 5.56 Å². The molecule has 3 aromatic rings. The van der Waals surface area contributed by atoms with Crippen molar-refractivity contribution in [2.24, 2.45) is 0 Å². The van der Waals surface area contributed by atoms with E-state index in [1.54, 1.807) is 0 Å². The third-order valence-corrected chi connectivity index (χ3v) is 5.41. The highest BCUT2D eigenvalue weighted by Crippen LogP contribution is 2.21. The first kappa shape index (κ1) is 19.3. The Labute approximate surface area is 171 Å². The van der Waals surface area contributed by atoms with Crippen LogP contribution >= 0.6 is 0 Å². The number of fused-ring (bicyclic) bond motifs is 1. The fraction of sp³-hybridized carbons (Fsp3) is 0.391. The first-order valence-electron chi connectivity index (χ1n) is 10.3. The average Bonchev–Trinajstić information content (AvgIpc) is 3.01. The number of para-hydroxylation sites is 2. The van der Waals surface area contributed by atoms with E-state index in [9.17, 15) is 4.79 Å². The molecule has 1 aromatic heterocycles. The number of aromatic amines is 1. The van der Waals surface area contributed by atoms with Crippen molar-refractivity contribution in [3.63, 3.8) is 0 Å². The Bertz CT molecular complexity index is 949. The zero-order valence-corrected chi connectivity index (χ0v) is 17.1. The number of aromatic nitrogens is 2. The van der Waals surface area contributed by atoms with Crippen LogP contribution in [0.3, 0.4) is 0 Å². The molecular formula is C23H28N4O2. The third-order valence-electron chi connectivity index (χ3n) is 5.41. The van der Waals surface area contributed by atoms with Crippen molar-refractivity contribution < 1.29 is 9.53 Å². The van der Waals surface area contributed by atoms with Crippen molar-refractivity contribution in [2.45, 2.75) is 26.2 Å². The maximum atomic E-state index is 12.7. The average molecular weight is 393 g/mol. The second kappa shape index (κ2) is 8.55. The quantitative estimate of drug-likeness (QED) is 0.717. The van der Waals surface area contributed by atoms with E-state index in [0.717, 1.165) is 48.8 Å². The van der Waals surface area contributed by atoms with Crippen LogP contribution in [-0.4, -0.2) is 53.6 Å². The smallest absolute Gasteiger partial charge is 0.260 e. The molecule has 4 rings (SSSR count).